The zero-order valence-electron chi connectivity index (χ0n) is 22.5. The number of carbonyl (C=O) groups is 1. The number of aliphatic carboxylic acids is 1. The molecule has 2 aromatic carbocycles. The SMILES string of the molecule is Nc1nc(OC(c2ccc(Cl)cc2-c2ccc(S(N)(=O)=O)cc2)C(F)(F)F)cc(N2CCC3(CC2)CN[C@H](C(=O)O)C3)n1. The largest absolute Gasteiger partial charge is 0.480 e. The first-order valence-corrected chi connectivity index (χ1v) is 15.1. The Hall–Kier alpha value is -3.66. The first kappa shape index (κ1) is 30.8. The number of primary sulfonamides is 1. The number of hydrogen-bond donors (Lipinski definition) is 4. The number of nitrogens with one attached hydrogen (secondary N) is 1. The van der Waals surface area contributed by atoms with Gasteiger partial charge in [-0.05, 0) is 60.1 Å². The number of nitrogens with zero attached hydrogens (tertiary/aromatic N) is 3. The molecule has 0 bridgehead atoms. The van der Waals surface area contributed by atoms with Crippen molar-refractivity contribution in [2.45, 2.75) is 42.5 Å². The molecule has 16 heteroatoms. The molecule has 1 aromatic heterocycles. The lowest BCUT2D eigenvalue weighted by molar-refractivity contribution is -0.198. The highest BCUT2D eigenvalue weighted by Crippen LogP contribution is 2.43. The van der Waals surface area contributed by atoms with Gasteiger partial charge in [-0.25, -0.2) is 13.6 Å². The van der Waals surface area contributed by atoms with E-state index < -0.39 is 40.2 Å². The molecule has 2 atom stereocenters. The van der Waals surface area contributed by atoms with Gasteiger partial charge in [0, 0.05) is 36.3 Å². The van der Waals surface area contributed by atoms with Crippen molar-refractivity contribution in [3.8, 4) is 17.0 Å². The van der Waals surface area contributed by atoms with Crippen LogP contribution in [0.2, 0.25) is 5.02 Å². The Morgan fingerprint density at radius 2 is 1.81 bits per heavy atom. The monoisotopic (exact) mass is 640 g/mol. The average molecular weight is 641 g/mol. The summed E-state index contributed by atoms with van der Waals surface area (Å²) in [6.07, 6.45) is -5.59. The van der Waals surface area contributed by atoms with Crippen molar-refractivity contribution < 1.29 is 36.2 Å². The molecule has 11 nitrogen and oxygen atoms in total. The van der Waals surface area contributed by atoms with E-state index in [4.69, 9.17) is 27.2 Å². The summed E-state index contributed by atoms with van der Waals surface area (Å²) < 4.78 is 72.4. The van der Waals surface area contributed by atoms with Crippen LogP contribution in [0.1, 0.15) is 30.9 Å². The quantitative estimate of drug-likeness (QED) is 0.298. The van der Waals surface area contributed by atoms with E-state index in [9.17, 15) is 31.5 Å². The van der Waals surface area contributed by atoms with Gasteiger partial charge in [-0.2, -0.15) is 23.1 Å². The number of ether oxygens (including phenoxy) is 1. The number of carboxylic acids is 1. The van der Waals surface area contributed by atoms with E-state index in [1.807, 2.05) is 4.90 Å². The molecule has 2 aliphatic rings. The number of hydrogen-bond acceptors (Lipinski definition) is 9. The normalized spacial score (nSPS) is 19.4. The second kappa shape index (κ2) is 11.4. The second-order valence-electron chi connectivity index (χ2n) is 10.7. The maximum absolute atomic E-state index is 14.5. The van der Waals surface area contributed by atoms with Crippen LogP contribution in [0, 0.1) is 5.41 Å². The van der Waals surface area contributed by atoms with Crippen molar-refractivity contribution in [3.63, 3.8) is 0 Å². The van der Waals surface area contributed by atoms with Crippen LogP contribution in [-0.4, -0.2) is 61.3 Å². The Labute approximate surface area is 250 Å². The number of anilines is 2. The van der Waals surface area contributed by atoms with Gasteiger partial charge in [-0.15, -0.1) is 0 Å². The third-order valence-electron chi connectivity index (χ3n) is 7.84. The third-order valence-corrected chi connectivity index (χ3v) is 9.01. The Morgan fingerprint density at radius 1 is 1.14 bits per heavy atom. The number of piperidine rings is 1. The topological polar surface area (TPSA) is 174 Å². The number of aromatic nitrogens is 2. The van der Waals surface area contributed by atoms with Gasteiger partial charge in [0.25, 0.3) is 0 Å². The summed E-state index contributed by atoms with van der Waals surface area (Å²) in [7, 11) is -4.02. The van der Waals surface area contributed by atoms with Crippen LogP contribution in [0.25, 0.3) is 11.1 Å². The highest BCUT2D eigenvalue weighted by Gasteiger charge is 2.46. The molecular weight excluding hydrogens is 613 g/mol. The van der Waals surface area contributed by atoms with Crippen molar-refractivity contribution in [3.05, 3.63) is 59.1 Å². The molecule has 2 aliphatic heterocycles. The van der Waals surface area contributed by atoms with Crippen LogP contribution >= 0.6 is 11.6 Å². The summed E-state index contributed by atoms with van der Waals surface area (Å²) >= 11 is 6.13. The van der Waals surface area contributed by atoms with Gasteiger partial charge in [-0.1, -0.05) is 29.8 Å². The lowest BCUT2D eigenvalue weighted by Crippen LogP contribution is -2.41. The molecule has 0 saturated carbocycles. The van der Waals surface area contributed by atoms with E-state index in [0.29, 0.717) is 38.9 Å². The van der Waals surface area contributed by atoms with Gasteiger partial charge < -0.3 is 25.8 Å². The standard InChI is InChI=1S/C27H28ClF3N6O5S/c28-16-3-6-18(19(11-16)15-1-4-17(5-2-15)43(33,40)41)23(27(29,30)31)42-22-12-21(35-25(32)36-22)37-9-7-26(8-10-37)13-20(24(38)39)34-14-26/h1-6,11-12,20,23,34H,7-10,13-14H2,(H,38,39)(H2,32,35,36)(H2,33,40,41)/t20-,23?/m0/s1. The summed E-state index contributed by atoms with van der Waals surface area (Å²) in [5, 5.41) is 17.7. The molecule has 1 spiro atoms. The van der Waals surface area contributed by atoms with Crippen LogP contribution in [0.3, 0.4) is 0 Å². The fourth-order valence-electron chi connectivity index (χ4n) is 5.59. The summed E-state index contributed by atoms with van der Waals surface area (Å²) in [4.78, 5) is 21.1. The second-order valence-corrected chi connectivity index (χ2v) is 12.7. The molecule has 43 heavy (non-hydrogen) atoms. The predicted molar refractivity (Wildman–Crippen MR) is 152 cm³/mol. The first-order valence-electron chi connectivity index (χ1n) is 13.2. The maximum atomic E-state index is 14.5. The summed E-state index contributed by atoms with van der Waals surface area (Å²) in [6.45, 7) is 1.55. The zero-order valence-corrected chi connectivity index (χ0v) is 24.1. The van der Waals surface area contributed by atoms with Crippen LogP contribution in [0.5, 0.6) is 5.88 Å². The highest BCUT2D eigenvalue weighted by atomic mass is 35.5. The molecule has 0 radical (unpaired) electrons. The van der Waals surface area contributed by atoms with Crippen molar-refractivity contribution >= 4 is 39.4 Å². The van der Waals surface area contributed by atoms with Crippen molar-refractivity contribution in [1.82, 2.24) is 15.3 Å². The Morgan fingerprint density at radius 3 is 2.40 bits per heavy atom. The Bertz CT molecular complexity index is 1630. The van der Waals surface area contributed by atoms with Gasteiger partial charge in [0.15, 0.2) is 0 Å². The number of benzene rings is 2. The molecule has 3 heterocycles. The molecule has 2 fully saturated rings. The van der Waals surface area contributed by atoms with E-state index in [2.05, 4.69) is 15.3 Å². The van der Waals surface area contributed by atoms with Gasteiger partial charge in [-0.3, -0.25) is 4.79 Å². The fraction of sp³-hybridized carbons (Fsp3) is 0.370. The number of nitrogens with two attached hydrogens (primary N) is 2. The molecule has 3 aromatic rings. The summed E-state index contributed by atoms with van der Waals surface area (Å²) in [6, 6.07) is 9.49. The molecule has 1 unspecified atom stereocenters. The lowest BCUT2D eigenvalue weighted by Gasteiger charge is -2.39. The number of sulfonamides is 1. The maximum Gasteiger partial charge on any atom is 0.429 e. The van der Waals surface area contributed by atoms with E-state index in [-0.39, 0.29) is 43.8 Å². The van der Waals surface area contributed by atoms with Crippen LogP contribution < -0.4 is 25.8 Å². The molecular formula is C27H28ClF3N6O5S. The van der Waals surface area contributed by atoms with E-state index in [0.717, 1.165) is 0 Å². The first-order chi connectivity index (χ1) is 20.1. The summed E-state index contributed by atoms with van der Waals surface area (Å²) in [5.41, 5.74) is 5.72. The lowest BCUT2D eigenvalue weighted by atomic mass is 9.76. The number of nitrogen functional groups attached to an aromatic ring is 1. The number of alkyl halides is 3. The highest BCUT2D eigenvalue weighted by molar-refractivity contribution is 7.89. The smallest absolute Gasteiger partial charge is 0.429 e. The van der Waals surface area contributed by atoms with Crippen LogP contribution in [-0.2, 0) is 14.8 Å². The fourth-order valence-corrected chi connectivity index (χ4v) is 6.28. The average Bonchev–Trinajstić information content (AvgIpc) is 3.35. The minimum Gasteiger partial charge on any atom is -0.480 e. The van der Waals surface area contributed by atoms with Crippen molar-refractivity contribution in [1.29, 1.82) is 0 Å². The van der Waals surface area contributed by atoms with E-state index in [1.165, 1.54) is 48.5 Å². The Balaban J connectivity index is 1.42. The van der Waals surface area contributed by atoms with Crippen LogP contribution in [0.4, 0.5) is 24.9 Å². The number of rotatable bonds is 7. The van der Waals surface area contributed by atoms with Gasteiger partial charge in [0.2, 0.25) is 28.0 Å². The van der Waals surface area contributed by atoms with Gasteiger partial charge in [0.05, 0.1) is 4.90 Å². The van der Waals surface area contributed by atoms with Crippen LogP contribution in [0.15, 0.2) is 53.4 Å². The number of carboxylic acid groups (broad SMARTS) is 1. The van der Waals surface area contributed by atoms with Gasteiger partial charge in [0.1, 0.15) is 11.9 Å². The minimum atomic E-state index is -4.91. The molecule has 5 rings (SSSR count). The molecule has 230 valence electrons. The van der Waals surface area contributed by atoms with Crippen molar-refractivity contribution in [2.75, 3.05) is 30.3 Å². The van der Waals surface area contributed by atoms with E-state index in [1.54, 1.807) is 0 Å². The molecule has 6 N–H and O–H groups in total. The van der Waals surface area contributed by atoms with Gasteiger partial charge >= 0.3 is 12.1 Å². The minimum absolute atomic E-state index is 0.0595. The Kier molecular flexibility index (Phi) is 8.19. The zero-order chi connectivity index (χ0) is 31.2. The third kappa shape index (κ3) is 6.79. The molecule has 2 saturated heterocycles. The molecule has 0 aliphatic carbocycles. The summed E-state index contributed by atoms with van der Waals surface area (Å²) in [5.74, 6) is -1.29. The van der Waals surface area contributed by atoms with Crippen molar-refractivity contribution in [2.24, 2.45) is 10.6 Å². The number of halogens is 4. The molecule has 0 amide bonds. The van der Waals surface area contributed by atoms with E-state index >= 15 is 0 Å². The predicted octanol–water partition coefficient (Wildman–Crippen LogP) is 3.74.